The highest BCUT2D eigenvalue weighted by Gasteiger charge is 2.12. The molecule has 0 fully saturated rings. The molecule has 30 heavy (non-hydrogen) atoms. The van der Waals surface area contributed by atoms with Crippen LogP contribution in [0.1, 0.15) is 26.3 Å². The number of carbonyl (C=O) groups is 3. The molecule has 8 nitrogen and oxygen atoms in total. The summed E-state index contributed by atoms with van der Waals surface area (Å²) >= 11 is 11.7. The third kappa shape index (κ3) is 6.78. The largest absolute Gasteiger partial charge is 0.482 e. The predicted molar refractivity (Wildman–Crippen MR) is 121 cm³/mol. The molecule has 0 aliphatic carbocycles. The van der Waals surface area contributed by atoms with E-state index in [1.165, 1.54) is 31.4 Å². The van der Waals surface area contributed by atoms with Crippen molar-refractivity contribution >= 4 is 67.0 Å². The number of carbonyl (C=O) groups excluding carboxylic acids is 3. The lowest BCUT2D eigenvalue weighted by molar-refractivity contribution is -0.123. The first kappa shape index (κ1) is 23.8. The quantitative estimate of drug-likeness (QED) is 0.294. The summed E-state index contributed by atoms with van der Waals surface area (Å²) in [5.74, 6) is -0.971. The molecule has 0 heterocycles. The van der Waals surface area contributed by atoms with Crippen LogP contribution in [0.5, 0.6) is 5.75 Å². The summed E-state index contributed by atoms with van der Waals surface area (Å²) in [5.41, 5.74) is 6.19. The molecule has 11 heteroatoms. The van der Waals surface area contributed by atoms with Gasteiger partial charge in [0, 0.05) is 10.0 Å². The summed E-state index contributed by atoms with van der Waals surface area (Å²) in [7, 11) is 1.27. The van der Waals surface area contributed by atoms with Gasteiger partial charge >= 0.3 is 5.97 Å². The third-order valence-electron chi connectivity index (χ3n) is 3.65. The second-order valence-electron chi connectivity index (χ2n) is 5.85. The Hall–Kier alpha value is -2.50. The van der Waals surface area contributed by atoms with E-state index >= 15 is 0 Å². The van der Waals surface area contributed by atoms with E-state index in [0.717, 1.165) is 10.0 Å². The Kier molecular flexibility index (Phi) is 8.75. The number of esters is 1. The summed E-state index contributed by atoms with van der Waals surface area (Å²) in [5, 5.41) is 2.30. The molecule has 2 rings (SSSR count). The van der Waals surface area contributed by atoms with Crippen LogP contribution in [0.3, 0.4) is 0 Å². The number of halogens is 2. The van der Waals surface area contributed by atoms with E-state index in [1.54, 1.807) is 6.07 Å². The normalized spacial score (nSPS) is 10.0. The fourth-order valence-electron chi connectivity index (χ4n) is 2.25. The Labute approximate surface area is 194 Å². The molecule has 2 aromatic rings. The topological polar surface area (TPSA) is 106 Å². The van der Waals surface area contributed by atoms with E-state index < -0.39 is 17.8 Å². The van der Waals surface area contributed by atoms with Crippen LogP contribution in [0, 0.1) is 6.92 Å². The second kappa shape index (κ2) is 11.0. The first-order chi connectivity index (χ1) is 14.2. The number of hydrogen-bond acceptors (Lipinski definition) is 6. The van der Waals surface area contributed by atoms with Crippen LogP contribution in [0.25, 0.3) is 0 Å². The van der Waals surface area contributed by atoms with Gasteiger partial charge in [0.1, 0.15) is 5.75 Å². The minimum absolute atomic E-state index is 0.105. The number of amides is 2. The maximum absolute atomic E-state index is 12.2. The standard InChI is InChI=1S/C19H17Br2N3O5S/c1-10-7-13(20)8-14(21)16(10)29-9-15(25)23-24-19(30)22-17(26)11-3-5-12(6-4-11)18(27)28-2/h3-8H,9H2,1-2H3,(H,23,25)(H2,22,24,26,30). The minimum atomic E-state index is -0.510. The molecule has 0 radical (unpaired) electrons. The molecular formula is C19H17Br2N3O5S. The molecule has 2 aromatic carbocycles. The van der Waals surface area contributed by atoms with Crippen molar-refractivity contribution in [1.82, 2.24) is 16.2 Å². The molecule has 0 saturated heterocycles. The number of methoxy groups -OCH3 is 1. The molecule has 0 aliphatic heterocycles. The third-order valence-corrected chi connectivity index (χ3v) is 4.90. The number of nitrogens with one attached hydrogen (secondary N) is 3. The zero-order chi connectivity index (χ0) is 22.3. The van der Waals surface area contributed by atoms with Crippen molar-refractivity contribution in [3.8, 4) is 5.75 Å². The van der Waals surface area contributed by atoms with Gasteiger partial charge in [-0.25, -0.2) is 4.79 Å². The molecule has 0 atom stereocenters. The maximum Gasteiger partial charge on any atom is 0.337 e. The fraction of sp³-hybridized carbons (Fsp3) is 0.158. The first-order valence-corrected chi connectivity index (χ1v) is 10.4. The van der Waals surface area contributed by atoms with E-state index in [1.807, 2.05) is 13.0 Å². The number of hydrazine groups is 1. The molecule has 3 N–H and O–H groups in total. The summed E-state index contributed by atoms with van der Waals surface area (Å²) < 4.78 is 11.7. The van der Waals surface area contributed by atoms with Crippen LogP contribution >= 0.6 is 44.1 Å². The number of rotatable bonds is 5. The Morgan fingerprint density at radius 2 is 1.67 bits per heavy atom. The molecule has 0 saturated carbocycles. The van der Waals surface area contributed by atoms with Crippen LogP contribution in [-0.4, -0.2) is 36.6 Å². The SMILES string of the molecule is COC(=O)c1ccc(C(=O)NC(=S)NNC(=O)COc2c(C)cc(Br)cc2Br)cc1. The second-order valence-corrected chi connectivity index (χ2v) is 8.03. The number of ether oxygens (including phenoxy) is 2. The van der Waals surface area contributed by atoms with Crippen molar-refractivity contribution in [2.45, 2.75) is 6.92 Å². The van der Waals surface area contributed by atoms with Gasteiger partial charge in [-0.05, 0) is 77.0 Å². The van der Waals surface area contributed by atoms with Crippen molar-refractivity contribution in [2.75, 3.05) is 13.7 Å². The van der Waals surface area contributed by atoms with Crippen LogP contribution < -0.4 is 20.9 Å². The Bertz CT molecular complexity index is 960. The van der Waals surface area contributed by atoms with Gasteiger partial charge < -0.3 is 9.47 Å². The monoisotopic (exact) mass is 557 g/mol. The van der Waals surface area contributed by atoms with E-state index in [4.69, 9.17) is 17.0 Å². The average Bonchev–Trinajstić information content (AvgIpc) is 2.70. The van der Waals surface area contributed by atoms with Crippen molar-refractivity contribution in [3.05, 3.63) is 62.0 Å². The Morgan fingerprint density at radius 3 is 2.27 bits per heavy atom. The van der Waals surface area contributed by atoms with Gasteiger partial charge in [-0.2, -0.15) is 0 Å². The lowest BCUT2D eigenvalue weighted by Gasteiger charge is -2.13. The molecule has 0 aromatic heterocycles. The van der Waals surface area contributed by atoms with Gasteiger partial charge in [0.2, 0.25) is 0 Å². The molecule has 158 valence electrons. The molecule has 0 bridgehead atoms. The van der Waals surface area contributed by atoms with Crippen molar-refractivity contribution in [1.29, 1.82) is 0 Å². The lowest BCUT2D eigenvalue weighted by atomic mass is 10.1. The summed E-state index contributed by atoms with van der Waals surface area (Å²) in [6.07, 6.45) is 0. The molecule has 0 aliphatic rings. The Morgan fingerprint density at radius 1 is 1.03 bits per heavy atom. The van der Waals surface area contributed by atoms with E-state index in [-0.39, 0.29) is 17.3 Å². The molecule has 0 unspecified atom stereocenters. The highest BCUT2D eigenvalue weighted by Crippen LogP contribution is 2.32. The van der Waals surface area contributed by atoms with E-state index in [0.29, 0.717) is 15.8 Å². The Balaban J connectivity index is 1.80. The molecule has 2 amide bonds. The van der Waals surface area contributed by atoms with Gasteiger partial charge in [0.15, 0.2) is 11.7 Å². The summed E-state index contributed by atoms with van der Waals surface area (Å²) in [4.78, 5) is 35.5. The summed E-state index contributed by atoms with van der Waals surface area (Å²) in [6.45, 7) is 1.59. The molecule has 0 spiro atoms. The van der Waals surface area contributed by atoms with Crippen molar-refractivity contribution in [3.63, 3.8) is 0 Å². The minimum Gasteiger partial charge on any atom is -0.482 e. The van der Waals surface area contributed by atoms with Crippen molar-refractivity contribution in [2.24, 2.45) is 0 Å². The van der Waals surface area contributed by atoms with E-state index in [9.17, 15) is 14.4 Å². The number of hydrogen-bond donors (Lipinski definition) is 3. The van der Waals surface area contributed by atoms with Gasteiger partial charge in [0.25, 0.3) is 11.8 Å². The van der Waals surface area contributed by atoms with Gasteiger partial charge in [0.05, 0.1) is 17.1 Å². The lowest BCUT2D eigenvalue weighted by Crippen LogP contribution is -2.49. The number of benzene rings is 2. The highest BCUT2D eigenvalue weighted by molar-refractivity contribution is 9.11. The molecular weight excluding hydrogens is 542 g/mol. The van der Waals surface area contributed by atoms with E-state index in [2.05, 4.69) is 52.8 Å². The van der Waals surface area contributed by atoms with Crippen molar-refractivity contribution < 1.29 is 23.9 Å². The van der Waals surface area contributed by atoms with Crippen LogP contribution in [0.4, 0.5) is 0 Å². The summed E-state index contributed by atoms with van der Waals surface area (Å²) in [6, 6.07) is 9.49. The number of aryl methyl sites for hydroxylation is 1. The smallest absolute Gasteiger partial charge is 0.337 e. The highest BCUT2D eigenvalue weighted by atomic mass is 79.9. The van der Waals surface area contributed by atoms with Gasteiger partial charge in [-0.15, -0.1) is 0 Å². The van der Waals surface area contributed by atoms with Gasteiger partial charge in [-0.3, -0.25) is 25.8 Å². The number of thiocarbonyl (C=S) groups is 1. The first-order valence-electron chi connectivity index (χ1n) is 8.38. The zero-order valence-electron chi connectivity index (χ0n) is 15.9. The van der Waals surface area contributed by atoms with Gasteiger partial charge in [-0.1, -0.05) is 15.9 Å². The van der Waals surface area contributed by atoms with Crippen LogP contribution in [0.15, 0.2) is 45.3 Å². The van der Waals surface area contributed by atoms with Crippen LogP contribution in [-0.2, 0) is 9.53 Å². The average molecular weight is 559 g/mol. The zero-order valence-corrected chi connectivity index (χ0v) is 19.9. The maximum atomic E-state index is 12.2. The fourth-order valence-corrected chi connectivity index (χ4v) is 3.95. The van der Waals surface area contributed by atoms with Crippen LogP contribution in [0.2, 0.25) is 0 Å². The predicted octanol–water partition coefficient (Wildman–Crippen LogP) is 3.02.